The summed E-state index contributed by atoms with van der Waals surface area (Å²) in [5.41, 5.74) is 2.10. The average molecular weight is 620 g/mol. The molecular formula is C34H42FN5O5. The maximum absolute atomic E-state index is 14.6. The first-order chi connectivity index (χ1) is 21.6. The summed E-state index contributed by atoms with van der Waals surface area (Å²) in [5, 5.41) is 2.22. The molecule has 2 aromatic rings. The lowest BCUT2D eigenvalue weighted by Gasteiger charge is -2.45. The van der Waals surface area contributed by atoms with Gasteiger partial charge in [-0.1, -0.05) is 6.07 Å². The number of anilines is 1. The molecule has 0 aromatic heterocycles. The smallest absolute Gasteiger partial charge is 0.262 e. The summed E-state index contributed by atoms with van der Waals surface area (Å²) < 4.78 is 20.8. The monoisotopic (exact) mass is 619 g/mol. The largest absolute Gasteiger partial charge is 0.490 e. The minimum atomic E-state index is -0.990. The van der Waals surface area contributed by atoms with Crippen LogP contribution in [0.3, 0.4) is 0 Å². The van der Waals surface area contributed by atoms with Crippen LogP contribution in [-0.4, -0.2) is 103 Å². The second-order valence-electron chi connectivity index (χ2n) is 13.2. The van der Waals surface area contributed by atoms with E-state index in [2.05, 4.69) is 34.1 Å². The summed E-state index contributed by atoms with van der Waals surface area (Å²) >= 11 is 0. The molecule has 3 aliphatic heterocycles. The molecule has 10 nitrogen and oxygen atoms in total. The second kappa shape index (κ2) is 12.9. The molecule has 1 unspecified atom stereocenters. The summed E-state index contributed by atoms with van der Waals surface area (Å²) in [5.74, 6) is -1.15. The number of carbonyl (C=O) groups excluding carboxylic acids is 4. The van der Waals surface area contributed by atoms with E-state index in [0.717, 1.165) is 68.9 Å². The van der Waals surface area contributed by atoms with E-state index in [-0.39, 0.29) is 35.9 Å². The van der Waals surface area contributed by atoms with Gasteiger partial charge in [0.1, 0.15) is 23.7 Å². The Bertz CT molecular complexity index is 1480. The molecular weight excluding hydrogens is 577 g/mol. The van der Waals surface area contributed by atoms with Crippen LogP contribution in [0, 0.1) is 18.7 Å². The third-order valence-corrected chi connectivity index (χ3v) is 9.69. The molecule has 2 aromatic carbocycles. The molecule has 1 N–H and O–H groups in total. The van der Waals surface area contributed by atoms with Gasteiger partial charge < -0.3 is 14.5 Å². The first-order valence-electron chi connectivity index (χ1n) is 16.0. The Morgan fingerprint density at radius 3 is 2.36 bits per heavy atom. The average Bonchev–Trinajstić information content (AvgIpc) is 3.22. The topological polar surface area (TPSA) is 102 Å². The minimum Gasteiger partial charge on any atom is -0.490 e. The van der Waals surface area contributed by atoms with E-state index in [4.69, 9.17) is 4.74 Å². The molecule has 0 radical (unpaired) electrons. The van der Waals surface area contributed by atoms with Crippen LogP contribution >= 0.6 is 0 Å². The summed E-state index contributed by atoms with van der Waals surface area (Å²) in [7, 11) is 4.17. The highest BCUT2D eigenvalue weighted by Gasteiger charge is 2.45. The molecule has 4 aliphatic rings. The summed E-state index contributed by atoms with van der Waals surface area (Å²) in [6.45, 7) is 6.53. The Balaban J connectivity index is 1.04. The number of benzene rings is 2. The van der Waals surface area contributed by atoms with E-state index in [9.17, 15) is 23.6 Å². The van der Waals surface area contributed by atoms with Crippen LogP contribution in [0.25, 0.3) is 0 Å². The lowest BCUT2D eigenvalue weighted by atomic mass is 9.86. The number of likely N-dealkylation sites (N-methyl/N-ethyl adjacent to an activating group) is 1. The van der Waals surface area contributed by atoms with Crippen LogP contribution in [0.1, 0.15) is 64.8 Å². The van der Waals surface area contributed by atoms with Gasteiger partial charge >= 0.3 is 0 Å². The number of hydrogen-bond acceptors (Lipinski definition) is 8. The molecule has 1 atom stereocenters. The van der Waals surface area contributed by atoms with Gasteiger partial charge in [-0.2, -0.15) is 0 Å². The summed E-state index contributed by atoms with van der Waals surface area (Å²) in [6, 6.07) is 9.77. The quantitative estimate of drug-likeness (QED) is 0.405. The number of nitrogens with zero attached hydrogens (tertiary/aromatic N) is 4. The van der Waals surface area contributed by atoms with Crippen molar-refractivity contribution in [1.29, 1.82) is 0 Å². The molecule has 2 saturated heterocycles. The fraction of sp³-hybridized carbons (Fsp3) is 0.529. The Morgan fingerprint density at radius 2 is 1.67 bits per heavy atom. The van der Waals surface area contributed by atoms with Gasteiger partial charge in [0.15, 0.2) is 0 Å². The van der Waals surface area contributed by atoms with Crippen molar-refractivity contribution in [3.05, 3.63) is 58.9 Å². The van der Waals surface area contributed by atoms with Crippen LogP contribution in [0.4, 0.5) is 10.1 Å². The van der Waals surface area contributed by atoms with Crippen LogP contribution in [0.5, 0.6) is 5.75 Å². The first kappa shape index (κ1) is 31.2. The molecule has 0 spiro atoms. The molecule has 240 valence electrons. The zero-order valence-electron chi connectivity index (χ0n) is 26.3. The van der Waals surface area contributed by atoms with E-state index in [1.54, 1.807) is 24.3 Å². The van der Waals surface area contributed by atoms with Crippen molar-refractivity contribution < 1.29 is 28.3 Å². The summed E-state index contributed by atoms with van der Waals surface area (Å²) in [6.07, 6.45) is 3.99. The van der Waals surface area contributed by atoms with Crippen molar-refractivity contribution in [2.24, 2.45) is 5.92 Å². The number of hydrogen-bond donors (Lipinski definition) is 1. The number of fused-ring (bicyclic) bond motifs is 1. The highest BCUT2D eigenvalue weighted by atomic mass is 19.1. The Hall–Kier alpha value is -3.83. The van der Waals surface area contributed by atoms with Crippen molar-refractivity contribution in [2.75, 3.05) is 51.7 Å². The van der Waals surface area contributed by atoms with Crippen molar-refractivity contribution in [3.63, 3.8) is 0 Å². The second-order valence-corrected chi connectivity index (χ2v) is 13.2. The first-order valence-corrected chi connectivity index (χ1v) is 16.0. The number of nitrogens with one attached hydrogen (secondary N) is 1. The molecule has 0 bridgehead atoms. The number of carbonyl (C=O) groups is 4. The number of halogens is 1. The predicted octanol–water partition coefficient (Wildman–Crippen LogP) is 3.23. The van der Waals surface area contributed by atoms with Crippen molar-refractivity contribution in [1.82, 2.24) is 20.0 Å². The van der Waals surface area contributed by atoms with Gasteiger partial charge in [-0.05, 0) is 82.1 Å². The number of ether oxygens (including phenoxy) is 1. The van der Waals surface area contributed by atoms with Crippen molar-refractivity contribution >= 4 is 29.3 Å². The van der Waals surface area contributed by atoms with Crippen LogP contribution in [0.2, 0.25) is 0 Å². The molecule has 1 saturated carbocycles. The van der Waals surface area contributed by atoms with Crippen molar-refractivity contribution in [3.8, 4) is 5.75 Å². The van der Waals surface area contributed by atoms with Crippen molar-refractivity contribution in [2.45, 2.75) is 63.6 Å². The van der Waals surface area contributed by atoms with Crippen LogP contribution < -0.4 is 15.0 Å². The van der Waals surface area contributed by atoms with E-state index >= 15 is 0 Å². The minimum absolute atomic E-state index is 0.000268. The fourth-order valence-corrected chi connectivity index (χ4v) is 6.96. The third kappa shape index (κ3) is 6.60. The molecule has 3 fully saturated rings. The Labute approximate surface area is 263 Å². The number of rotatable bonds is 10. The highest BCUT2D eigenvalue weighted by molar-refractivity contribution is 6.23. The van der Waals surface area contributed by atoms with Gasteiger partial charge in [0, 0.05) is 58.0 Å². The van der Waals surface area contributed by atoms with E-state index in [0.29, 0.717) is 23.4 Å². The molecule has 4 amide bonds. The molecule has 45 heavy (non-hydrogen) atoms. The predicted molar refractivity (Wildman–Crippen MR) is 167 cm³/mol. The standard InChI is InChI=1S/C34H42FN5O5/c1-21-4-7-29(28(35)16-21)38-12-10-22(11-13-38)20-39(15-14-37(2)3)23-17-25(18-23)45-24-5-6-26-27(19-24)34(44)40(33(26)43)30-8-9-31(41)36-32(30)42/h4-7,16,19,22-23,25,30H,8-15,17-18,20H2,1-3H3,(H,36,41,42). The maximum Gasteiger partial charge on any atom is 0.262 e. The zero-order valence-corrected chi connectivity index (χ0v) is 26.3. The number of imide groups is 2. The highest BCUT2D eigenvalue weighted by Crippen LogP contribution is 2.35. The van der Waals surface area contributed by atoms with Gasteiger partial charge in [0.2, 0.25) is 11.8 Å². The Morgan fingerprint density at radius 1 is 0.933 bits per heavy atom. The van der Waals surface area contributed by atoms with Gasteiger partial charge in [0.25, 0.3) is 11.8 Å². The molecule has 1 aliphatic carbocycles. The lowest BCUT2D eigenvalue weighted by molar-refractivity contribution is -0.136. The van der Waals surface area contributed by atoms with Gasteiger partial charge in [0.05, 0.1) is 16.8 Å². The lowest BCUT2D eigenvalue weighted by Crippen LogP contribution is -2.54. The summed E-state index contributed by atoms with van der Waals surface area (Å²) in [4.78, 5) is 58.0. The van der Waals surface area contributed by atoms with E-state index < -0.39 is 29.7 Å². The molecule has 3 heterocycles. The maximum atomic E-state index is 14.6. The van der Waals surface area contributed by atoms with E-state index in [1.165, 1.54) is 0 Å². The van der Waals surface area contributed by atoms with Gasteiger partial charge in [-0.25, -0.2) is 4.39 Å². The fourth-order valence-electron chi connectivity index (χ4n) is 6.96. The van der Waals surface area contributed by atoms with Gasteiger partial charge in [-0.3, -0.25) is 34.3 Å². The van der Waals surface area contributed by atoms with Crippen LogP contribution in [0.15, 0.2) is 36.4 Å². The number of amides is 4. The normalized spacial score (nSPS) is 23.9. The zero-order chi connectivity index (χ0) is 31.8. The van der Waals surface area contributed by atoms with E-state index in [1.807, 2.05) is 19.1 Å². The third-order valence-electron chi connectivity index (χ3n) is 9.69. The molecule has 11 heteroatoms. The van der Waals surface area contributed by atoms with Crippen LogP contribution in [-0.2, 0) is 9.59 Å². The SMILES string of the molecule is Cc1ccc(N2CCC(CN(CCN(C)C)C3CC(Oc4ccc5c(c4)C(=O)N(C4CCC(=O)NC4=O)C5=O)C3)CC2)c(F)c1. The Kier molecular flexibility index (Phi) is 8.92. The molecule has 6 rings (SSSR count). The van der Waals surface area contributed by atoms with Gasteiger partial charge in [-0.15, -0.1) is 0 Å². The number of aryl methyl sites for hydroxylation is 1. The number of piperidine rings is 2.